The van der Waals surface area contributed by atoms with Crippen LogP contribution in [0.2, 0.25) is 0 Å². The van der Waals surface area contributed by atoms with Gasteiger partial charge < -0.3 is 5.32 Å². The molecule has 0 unspecified atom stereocenters. The minimum Gasteiger partial charge on any atom is -0.350 e. The zero-order valence-electron chi connectivity index (χ0n) is 12.7. The minimum absolute atomic E-state index is 0.230. The first-order chi connectivity index (χ1) is 11.1. The number of benzene rings is 1. The van der Waals surface area contributed by atoms with Crippen molar-refractivity contribution in [3.05, 3.63) is 52.7 Å². The summed E-state index contributed by atoms with van der Waals surface area (Å²) in [6.45, 7) is 0.378. The average Bonchev–Trinajstić information content (AvgIpc) is 3.25. The van der Waals surface area contributed by atoms with Gasteiger partial charge in [0, 0.05) is 4.88 Å². The predicted octanol–water partition coefficient (Wildman–Crippen LogP) is 3.15. The zero-order valence-corrected chi connectivity index (χ0v) is 14.3. The van der Waals surface area contributed by atoms with E-state index >= 15 is 0 Å². The van der Waals surface area contributed by atoms with E-state index in [2.05, 4.69) is 5.32 Å². The van der Waals surface area contributed by atoms with Crippen LogP contribution >= 0.6 is 11.3 Å². The molecule has 1 heterocycles. The standard InChI is InChI=1S/C17H19NO3S2/c19-16(18-13-14-7-6-12-22-14)17(10-4-5-11-17)23(20,21)15-8-2-1-3-9-15/h1-3,6-9,12H,4-5,10-11,13H2,(H,18,19). The molecular formula is C17H19NO3S2. The summed E-state index contributed by atoms with van der Waals surface area (Å²) in [6.07, 6.45) is 2.30. The van der Waals surface area contributed by atoms with E-state index in [-0.39, 0.29) is 10.8 Å². The molecule has 1 aromatic carbocycles. The minimum atomic E-state index is -3.70. The Kier molecular flexibility index (Phi) is 4.55. The number of hydrogen-bond donors (Lipinski definition) is 1. The summed E-state index contributed by atoms with van der Waals surface area (Å²) in [5, 5.41) is 4.77. The molecule has 1 N–H and O–H groups in total. The number of carbonyl (C=O) groups is 1. The predicted molar refractivity (Wildman–Crippen MR) is 91.0 cm³/mol. The summed E-state index contributed by atoms with van der Waals surface area (Å²) in [6, 6.07) is 12.1. The largest absolute Gasteiger partial charge is 0.350 e. The van der Waals surface area contributed by atoms with Crippen LogP contribution in [0.3, 0.4) is 0 Å². The van der Waals surface area contributed by atoms with Crippen molar-refractivity contribution >= 4 is 27.1 Å². The van der Waals surface area contributed by atoms with E-state index in [0.29, 0.717) is 19.4 Å². The maximum Gasteiger partial charge on any atom is 0.242 e. The fraction of sp³-hybridized carbons (Fsp3) is 0.353. The lowest BCUT2D eigenvalue weighted by Crippen LogP contribution is -2.50. The summed E-state index contributed by atoms with van der Waals surface area (Å²) in [5.41, 5.74) is 0. The van der Waals surface area contributed by atoms with Gasteiger partial charge in [0.15, 0.2) is 14.6 Å². The summed E-state index contributed by atoms with van der Waals surface area (Å²) in [7, 11) is -3.70. The van der Waals surface area contributed by atoms with Gasteiger partial charge in [-0.05, 0) is 36.4 Å². The van der Waals surface area contributed by atoms with E-state index in [4.69, 9.17) is 0 Å². The van der Waals surface area contributed by atoms with Gasteiger partial charge in [-0.15, -0.1) is 11.3 Å². The van der Waals surface area contributed by atoms with Crippen LogP contribution in [0, 0.1) is 0 Å². The van der Waals surface area contributed by atoms with Gasteiger partial charge in [-0.25, -0.2) is 8.42 Å². The second kappa shape index (κ2) is 6.45. The van der Waals surface area contributed by atoms with Crippen LogP contribution < -0.4 is 5.32 Å². The van der Waals surface area contributed by atoms with Crippen molar-refractivity contribution in [1.82, 2.24) is 5.32 Å². The van der Waals surface area contributed by atoms with Gasteiger partial charge in [0.2, 0.25) is 5.91 Å². The van der Waals surface area contributed by atoms with Gasteiger partial charge in [0.05, 0.1) is 11.4 Å². The van der Waals surface area contributed by atoms with Gasteiger partial charge in [0.1, 0.15) is 0 Å². The van der Waals surface area contributed by atoms with Gasteiger partial charge in [-0.1, -0.05) is 37.1 Å². The summed E-state index contributed by atoms with van der Waals surface area (Å²) >= 11 is 1.55. The van der Waals surface area contributed by atoms with Crippen LogP contribution in [-0.4, -0.2) is 19.1 Å². The molecule has 3 rings (SSSR count). The highest BCUT2D eigenvalue weighted by Crippen LogP contribution is 2.40. The lowest BCUT2D eigenvalue weighted by molar-refractivity contribution is -0.123. The quantitative estimate of drug-likeness (QED) is 0.902. The SMILES string of the molecule is O=C(NCc1cccs1)C1(S(=O)(=O)c2ccccc2)CCCC1. The molecule has 23 heavy (non-hydrogen) atoms. The van der Waals surface area contributed by atoms with Crippen molar-refractivity contribution in [2.75, 3.05) is 0 Å². The van der Waals surface area contributed by atoms with Crippen molar-refractivity contribution in [2.45, 2.75) is 41.9 Å². The van der Waals surface area contributed by atoms with Gasteiger partial charge in [-0.3, -0.25) is 4.79 Å². The van der Waals surface area contributed by atoms with Crippen LogP contribution in [-0.2, 0) is 21.2 Å². The smallest absolute Gasteiger partial charge is 0.242 e. The number of thiophene rings is 1. The highest BCUT2D eigenvalue weighted by Gasteiger charge is 2.52. The normalized spacial score (nSPS) is 17.0. The van der Waals surface area contributed by atoms with E-state index in [1.165, 1.54) is 0 Å². The first-order valence-electron chi connectivity index (χ1n) is 7.67. The molecule has 4 nitrogen and oxygen atoms in total. The Hall–Kier alpha value is -1.66. The first kappa shape index (κ1) is 16.2. The van der Waals surface area contributed by atoms with Crippen LogP contribution in [0.4, 0.5) is 0 Å². The molecule has 0 radical (unpaired) electrons. The van der Waals surface area contributed by atoms with Crippen molar-refractivity contribution in [2.24, 2.45) is 0 Å². The second-order valence-electron chi connectivity index (χ2n) is 5.78. The van der Waals surface area contributed by atoms with Crippen molar-refractivity contribution < 1.29 is 13.2 Å². The Morgan fingerprint density at radius 2 is 1.78 bits per heavy atom. The molecule has 1 saturated carbocycles. The molecule has 0 saturated heterocycles. The number of rotatable bonds is 5. The highest BCUT2D eigenvalue weighted by atomic mass is 32.2. The van der Waals surface area contributed by atoms with E-state index in [0.717, 1.165) is 17.7 Å². The molecule has 1 aliphatic rings. The molecule has 1 fully saturated rings. The fourth-order valence-electron chi connectivity index (χ4n) is 3.13. The third kappa shape index (κ3) is 2.93. The summed E-state index contributed by atoms with van der Waals surface area (Å²) in [5.74, 6) is -0.368. The Morgan fingerprint density at radius 3 is 2.39 bits per heavy atom. The Labute approximate surface area is 140 Å². The third-order valence-corrected chi connectivity index (χ3v) is 7.79. The third-order valence-electron chi connectivity index (χ3n) is 4.40. The molecule has 0 atom stereocenters. The Morgan fingerprint density at radius 1 is 1.09 bits per heavy atom. The average molecular weight is 349 g/mol. The maximum atomic E-state index is 13.1. The molecule has 1 aromatic heterocycles. The molecule has 1 aliphatic carbocycles. The maximum absolute atomic E-state index is 13.1. The summed E-state index contributed by atoms with van der Waals surface area (Å²) < 4.78 is 24.9. The topological polar surface area (TPSA) is 63.2 Å². The number of carbonyl (C=O) groups excluding carboxylic acids is 1. The van der Waals surface area contributed by atoms with Crippen molar-refractivity contribution in [3.8, 4) is 0 Å². The molecule has 1 amide bonds. The van der Waals surface area contributed by atoms with Crippen LogP contribution in [0.25, 0.3) is 0 Å². The zero-order chi connectivity index (χ0) is 16.3. The molecule has 122 valence electrons. The highest BCUT2D eigenvalue weighted by molar-refractivity contribution is 7.93. The lowest BCUT2D eigenvalue weighted by Gasteiger charge is -2.27. The molecular weight excluding hydrogens is 330 g/mol. The van der Waals surface area contributed by atoms with E-state index in [9.17, 15) is 13.2 Å². The number of nitrogens with one attached hydrogen (secondary N) is 1. The van der Waals surface area contributed by atoms with E-state index < -0.39 is 14.6 Å². The Balaban J connectivity index is 1.89. The van der Waals surface area contributed by atoms with Gasteiger partial charge >= 0.3 is 0 Å². The van der Waals surface area contributed by atoms with E-state index in [1.807, 2.05) is 17.5 Å². The van der Waals surface area contributed by atoms with Crippen LogP contribution in [0.5, 0.6) is 0 Å². The lowest BCUT2D eigenvalue weighted by atomic mass is 10.1. The van der Waals surface area contributed by atoms with Crippen molar-refractivity contribution in [3.63, 3.8) is 0 Å². The number of sulfone groups is 1. The van der Waals surface area contributed by atoms with E-state index in [1.54, 1.807) is 41.7 Å². The summed E-state index contributed by atoms with van der Waals surface area (Å²) in [4.78, 5) is 14.0. The molecule has 0 aliphatic heterocycles. The molecule has 0 bridgehead atoms. The molecule has 6 heteroatoms. The molecule has 0 spiro atoms. The fourth-order valence-corrected chi connectivity index (χ4v) is 5.88. The first-order valence-corrected chi connectivity index (χ1v) is 10.0. The molecule has 2 aromatic rings. The van der Waals surface area contributed by atoms with Crippen molar-refractivity contribution in [1.29, 1.82) is 0 Å². The number of hydrogen-bond acceptors (Lipinski definition) is 4. The second-order valence-corrected chi connectivity index (χ2v) is 9.07. The number of amides is 1. The van der Waals surface area contributed by atoms with Crippen LogP contribution in [0.15, 0.2) is 52.7 Å². The monoisotopic (exact) mass is 349 g/mol. The van der Waals surface area contributed by atoms with Crippen LogP contribution in [0.1, 0.15) is 30.6 Å². The van der Waals surface area contributed by atoms with Gasteiger partial charge in [0.25, 0.3) is 0 Å². The van der Waals surface area contributed by atoms with Gasteiger partial charge in [-0.2, -0.15) is 0 Å². The Bertz CT molecular complexity index is 761.